The number of furan rings is 1. The predicted molar refractivity (Wildman–Crippen MR) is 69.2 cm³/mol. The van der Waals surface area contributed by atoms with E-state index in [2.05, 4.69) is 5.32 Å². The van der Waals surface area contributed by atoms with E-state index in [0.717, 1.165) is 30.0 Å². The van der Waals surface area contributed by atoms with Crippen LogP contribution >= 0.6 is 0 Å². The predicted octanol–water partition coefficient (Wildman–Crippen LogP) is 0.743. The first-order chi connectivity index (χ1) is 8.74. The van der Waals surface area contributed by atoms with Crippen molar-refractivity contribution in [2.24, 2.45) is 0 Å². The van der Waals surface area contributed by atoms with Gasteiger partial charge < -0.3 is 14.6 Å². The van der Waals surface area contributed by atoms with Crippen molar-refractivity contribution in [3.63, 3.8) is 0 Å². The van der Waals surface area contributed by atoms with E-state index in [-0.39, 0.29) is 5.91 Å². The molecule has 1 heterocycles. The van der Waals surface area contributed by atoms with Crippen LogP contribution in [-0.2, 0) is 11.3 Å². The summed E-state index contributed by atoms with van der Waals surface area (Å²) >= 11 is 0. The molecule has 0 bridgehead atoms. The normalized spacial score (nSPS) is 18.5. The summed E-state index contributed by atoms with van der Waals surface area (Å²) in [6, 6.07) is 4.23. The van der Waals surface area contributed by atoms with Crippen LogP contribution < -0.4 is 10.2 Å². The standard InChI is InChI=1S/C14H22N2O2/c1-16(10-13-8-5-9-18-13)11-14(17)15-12-6-3-2-4-7-12/h5,8-9,12H,2-4,6-7,10-11H2,1H3,(H,15,17)/p+1. The number of likely N-dealkylation sites (N-methyl/N-ethyl adjacent to an activating group) is 1. The maximum Gasteiger partial charge on any atom is 0.275 e. The third kappa shape index (κ3) is 4.18. The van der Waals surface area contributed by atoms with Crippen molar-refractivity contribution in [3.8, 4) is 0 Å². The van der Waals surface area contributed by atoms with Gasteiger partial charge in [0.25, 0.3) is 5.91 Å². The van der Waals surface area contributed by atoms with Crippen LogP contribution in [0.25, 0.3) is 0 Å². The molecule has 1 amide bonds. The zero-order valence-corrected chi connectivity index (χ0v) is 11.1. The van der Waals surface area contributed by atoms with Gasteiger partial charge in [-0.1, -0.05) is 19.3 Å². The molecule has 1 aliphatic carbocycles. The molecule has 0 aliphatic heterocycles. The van der Waals surface area contributed by atoms with Gasteiger partial charge in [0.2, 0.25) is 0 Å². The second-order valence-electron chi connectivity index (χ2n) is 5.29. The summed E-state index contributed by atoms with van der Waals surface area (Å²) in [6.45, 7) is 1.27. The first kappa shape index (κ1) is 13.1. The van der Waals surface area contributed by atoms with Gasteiger partial charge in [0.1, 0.15) is 6.54 Å². The Balaban J connectivity index is 1.69. The lowest BCUT2D eigenvalue weighted by atomic mass is 9.95. The van der Waals surface area contributed by atoms with E-state index in [9.17, 15) is 4.79 Å². The summed E-state index contributed by atoms with van der Waals surface area (Å²) in [5.74, 6) is 1.09. The number of nitrogens with one attached hydrogen (secondary N) is 2. The number of carbonyl (C=O) groups excluding carboxylic acids is 1. The quantitative estimate of drug-likeness (QED) is 0.811. The fraction of sp³-hybridized carbons (Fsp3) is 0.643. The van der Waals surface area contributed by atoms with Crippen LogP contribution in [0.4, 0.5) is 0 Å². The third-order valence-electron chi connectivity index (χ3n) is 3.49. The smallest absolute Gasteiger partial charge is 0.275 e. The Morgan fingerprint density at radius 3 is 2.89 bits per heavy atom. The van der Waals surface area contributed by atoms with Crippen molar-refractivity contribution in [1.82, 2.24) is 5.32 Å². The number of amides is 1. The summed E-state index contributed by atoms with van der Waals surface area (Å²) in [7, 11) is 2.02. The number of rotatable bonds is 5. The first-order valence-corrected chi connectivity index (χ1v) is 6.87. The van der Waals surface area contributed by atoms with E-state index in [1.807, 2.05) is 19.2 Å². The lowest BCUT2D eigenvalue weighted by Gasteiger charge is -2.23. The number of quaternary nitrogens is 1. The lowest BCUT2D eigenvalue weighted by molar-refractivity contribution is -0.886. The van der Waals surface area contributed by atoms with E-state index in [1.165, 1.54) is 19.3 Å². The van der Waals surface area contributed by atoms with Crippen molar-refractivity contribution in [3.05, 3.63) is 24.2 Å². The zero-order valence-electron chi connectivity index (χ0n) is 11.1. The fourth-order valence-corrected chi connectivity index (χ4v) is 2.57. The molecule has 1 unspecified atom stereocenters. The van der Waals surface area contributed by atoms with Gasteiger partial charge >= 0.3 is 0 Å². The Hall–Kier alpha value is -1.29. The average molecular weight is 251 g/mol. The Morgan fingerprint density at radius 1 is 1.44 bits per heavy atom. The molecule has 1 aromatic rings. The van der Waals surface area contributed by atoms with Crippen LogP contribution in [0.2, 0.25) is 0 Å². The fourth-order valence-electron chi connectivity index (χ4n) is 2.57. The van der Waals surface area contributed by atoms with Crippen molar-refractivity contribution in [2.75, 3.05) is 13.6 Å². The molecule has 1 saturated carbocycles. The van der Waals surface area contributed by atoms with Crippen LogP contribution in [0.1, 0.15) is 37.9 Å². The zero-order chi connectivity index (χ0) is 12.8. The van der Waals surface area contributed by atoms with Crippen molar-refractivity contribution < 1.29 is 14.1 Å². The minimum Gasteiger partial charge on any atom is -0.463 e. The van der Waals surface area contributed by atoms with E-state index in [4.69, 9.17) is 4.42 Å². The molecule has 0 aromatic carbocycles. The number of carbonyl (C=O) groups is 1. The topological polar surface area (TPSA) is 46.7 Å². The highest BCUT2D eigenvalue weighted by Crippen LogP contribution is 2.16. The summed E-state index contributed by atoms with van der Waals surface area (Å²) in [6.07, 6.45) is 7.77. The van der Waals surface area contributed by atoms with E-state index < -0.39 is 0 Å². The van der Waals surface area contributed by atoms with Crippen LogP contribution in [0.3, 0.4) is 0 Å². The van der Waals surface area contributed by atoms with Gasteiger partial charge in [0.05, 0.1) is 13.3 Å². The molecule has 2 rings (SSSR count). The highest BCUT2D eigenvalue weighted by atomic mass is 16.3. The molecule has 100 valence electrons. The van der Waals surface area contributed by atoms with Gasteiger partial charge in [-0.15, -0.1) is 0 Å². The number of hydrogen-bond donors (Lipinski definition) is 2. The molecule has 1 atom stereocenters. The van der Waals surface area contributed by atoms with Gasteiger partial charge in [0, 0.05) is 6.04 Å². The van der Waals surface area contributed by atoms with E-state index in [1.54, 1.807) is 6.26 Å². The molecule has 1 aromatic heterocycles. The summed E-state index contributed by atoms with van der Waals surface area (Å²) in [5, 5.41) is 3.14. The third-order valence-corrected chi connectivity index (χ3v) is 3.49. The maximum absolute atomic E-state index is 11.9. The van der Waals surface area contributed by atoms with E-state index in [0.29, 0.717) is 12.6 Å². The van der Waals surface area contributed by atoms with Gasteiger partial charge in [-0.25, -0.2) is 0 Å². The Morgan fingerprint density at radius 2 is 2.22 bits per heavy atom. The molecule has 18 heavy (non-hydrogen) atoms. The molecule has 4 nitrogen and oxygen atoms in total. The minimum absolute atomic E-state index is 0.158. The second kappa shape index (κ2) is 6.59. The summed E-state index contributed by atoms with van der Waals surface area (Å²) in [4.78, 5) is 13.0. The molecular formula is C14H23N2O2+. The highest BCUT2D eigenvalue weighted by Gasteiger charge is 2.18. The van der Waals surface area contributed by atoms with Crippen LogP contribution in [0.15, 0.2) is 22.8 Å². The number of hydrogen-bond acceptors (Lipinski definition) is 2. The van der Waals surface area contributed by atoms with Crippen molar-refractivity contribution in [1.29, 1.82) is 0 Å². The molecule has 0 spiro atoms. The average Bonchev–Trinajstić information content (AvgIpc) is 2.82. The molecule has 1 aliphatic rings. The van der Waals surface area contributed by atoms with Crippen molar-refractivity contribution >= 4 is 5.91 Å². The molecule has 2 N–H and O–H groups in total. The highest BCUT2D eigenvalue weighted by molar-refractivity contribution is 5.77. The Kier molecular flexibility index (Phi) is 4.81. The van der Waals surface area contributed by atoms with Gasteiger partial charge in [-0.05, 0) is 25.0 Å². The Bertz CT molecular complexity index is 356. The first-order valence-electron chi connectivity index (χ1n) is 6.87. The molecule has 0 radical (unpaired) electrons. The van der Waals surface area contributed by atoms with Gasteiger partial charge in [0.15, 0.2) is 12.3 Å². The van der Waals surface area contributed by atoms with Crippen LogP contribution in [0, 0.1) is 0 Å². The minimum atomic E-state index is 0.158. The molecule has 1 fully saturated rings. The SMILES string of the molecule is C[NH+](CC(=O)NC1CCCCC1)Cc1ccco1. The van der Waals surface area contributed by atoms with Gasteiger partial charge in [-0.3, -0.25) is 4.79 Å². The monoisotopic (exact) mass is 251 g/mol. The van der Waals surface area contributed by atoms with Crippen LogP contribution in [-0.4, -0.2) is 25.5 Å². The van der Waals surface area contributed by atoms with Crippen molar-refractivity contribution in [2.45, 2.75) is 44.7 Å². The Labute approximate surface area is 108 Å². The lowest BCUT2D eigenvalue weighted by Crippen LogP contribution is -3.08. The molecule has 0 saturated heterocycles. The molecular weight excluding hydrogens is 228 g/mol. The van der Waals surface area contributed by atoms with Gasteiger partial charge in [-0.2, -0.15) is 0 Å². The molecule has 4 heteroatoms. The summed E-state index contributed by atoms with van der Waals surface area (Å²) < 4.78 is 5.28. The summed E-state index contributed by atoms with van der Waals surface area (Å²) in [5.41, 5.74) is 0. The van der Waals surface area contributed by atoms with Crippen LogP contribution in [0.5, 0.6) is 0 Å². The van der Waals surface area contributed by atoms with E-state index >= 15 is 0 Å². The largest absolute Gasteiger partial charge is 0.463 e. The maximum atomic E-state index is 11.9. The second-order valence-corrected chi connectivity index (χ2v) is 5.29.